The van der Waals surface area contributed by atoms with Crippen molar-refractivity contribution in [2.24, 2.45) is 0 Å². The predicted octanol–water partition coefficient (Wildman–Crippen LogP) is 2.75. The number of Topliss-reactive ketones (excluding diaryl/α,β-unsaturated/α-hetero) is 1. The van der Waals surface area contributed by atoms with Crippen molar-refractivity contribution < 1.29 is 9.59 Å². The fraction of sp³-hybridized carbons (Fsp3) is 0.250. The van der Waals surface area contributed by atoms with Gasteiger partial charge in [0.2, 0.25) is 0 Å². The lowest BCUT2D eigenvalue weighted by molar-refractivity contribution is 0.100. The molecule has 0 aliphatic rings. The molecule has 6 heteroatoms. The molecule has 2 aromatic rings. The molecule has 1 heterocycles. The first-order chi connectivity index (χ1) is 10.6. The van der Waals surface area contributed by atoms with Crippen molar-refractivity contribution in [3.05, 3.63) is 47.9 Å². The van der Waals surface area contributed by atoms with Crippen LogP contribution < -0.4 is 10.6 Å². The van der Waals surface area contributed by atoms with E-state index in [2.05, 4.69) is 27.5 Å². The van der Waals surface area contributed by atoms with Crippen LogP contribution >= 0.6 is 0 Å². The molecule has 22 heavy (non-hydrogen) atoms. The lowest BCUT2D eigenvalue weighted by Crippen LogP contribution is -2.15. The number of aromatic nitrogens is 2. The van der Waals surface area contributed by atoms with Gasteiger partial charge in [-0.05, 0) is 25.5 Å². The second-order valence-electron chi connectivity index (χ2n) is 4.80. The van der Waals surface area contributed by atoms with E-state index in [0.717, 1.165) is 13.0 Å². The number of carbonyl (C=O) groups is 2. The molecule has 2 rings (SSSR count). The van der Waals surface area contributed by atoms with Gasteiger partial charge in [0, 0.05) is 17.8 Å². The molecule has 0 fully saturated rings. The van der Waals surface area contributed by atoms with Gasteiger partial charge < -0.3 is 10.6 Å². The third-order valence-electron chi connectivity index (χ3n) is 2.97. The third kappa shape index (κ3) is 4.12. The van der Waals surface area contributed by atoms with Crippen molar-refractivity contribution in [1.82, 2.24) is 9.97 Å². The zero-order valence-corrected chi connectivity index (χ0v) is 12.6. The van der Waals surface area contributed by atoms with Crippen molar-refractivity contribution in [2.45, 2.75) is 20.3 Å². The van der Waals surface area contributed by atoms with Crippen molar-refractivity contribution in [1.29, 1.82) is 0 Å². The number of hydrogen-bond acceptors (Lipinski definition) is 5. The van der Waals surface area contributed by atoms with Crippen molar-refractivity contribution in [2.75, 3.05) is 17.2 Å². The molecule has 0 aliphatic carbocycles. The lowest BCUT2D eigenvalue weighted by Gasteiger charge is -2.07. The minimum absolute atomic E-state index is 0.0535. The first-order valence-electron chi connectivity index (χ1n) is 7.08. The summed E-state index contributed by atoms with van der Waals surface area (Å²) in [6.45, 7) is 4.34. The fourth-order valence-corrected chi connectivity index (χ4v) is 1.80. The predicted molar refractivity (Wildman–Crippen MR) is 85.2 cm³/mol. The number of ketones is 1. The molecule has 114 valence electrons. The van der Waals surface area contributed by atoms with Crippen LogP contribution in [0.3, 0.4) is 0 Å². The molecule has 6 nitrogen and oxygen atoms in total. The zero-order chi connectivity index (χ0) is 15.9. The largest absolute Gasteiger partial charge is 0.369 e. The van der Waals surface area contributed by atoms with Crippen LogP contribution in [0.15, 0.2) is 36.7 Å². The molecule has 1 amide bonds. The fourth-order valence-electron chi connectivity index (χ4n) is 1.80. The Morgan fingerprint density at radius 3 is 2.64 bits per heavy atom. The molecule has 0 atom stereocenters. The van der Waals surface area contributed by atoms with Crippen LogP contribution in [-0.2, 0) is 0 Å². The van der Waals surface area contributed by atoms with E-state index in [1.54, 1.807) is 24.3 Å². The Morgan fingerprint density at radius 1 is 1.18 bits per heavy atom. The Hall–Kier alpha value is -2.76. The molecular formula is C16H18N4O2. The number of amides is 1. The number of hydrogen-bond donors (Lipinski definition) is 2. The summed E-state index contributed by atoms with van der Waals surface area (Å²) in [7, 11) is 0. The highest BCUT2D eigenvalue weighted by atomic mass is 16.2. The van der Waals surface area contributed by atoms with E-state index in [9.17, 15) is 9.59 Å². The van der Waals surface area contributed by atoms with Gasteiger partial charge in [-0.3, -0.25) is 9.59 Å². The van der Waals surface area contributed by atoms with Crippen LogP contribution in [0.4, 0.5) is 11.5 Å². The van der Waals surface area contributed by atoms with E-state index in [1.165, 1.54) is 19.3 Å². The average Bonchev–Trinajstić information content (AvgIpc) is 2.53. The topological polar surface area (TPSA) is 84.0 Å². The van der Waals surface area contributed by atoms with Gasteiger partial charge in [-0.25, -0.2) is 9.97 Å². The Balaban J connectivity index is 2.05. The number of rotatable bonds is 6. The van der Waals surface area contributed by atoms with E-state index in [0.29, 0.717) is 17.1 Å². The highest BCUT2D eigenvalue weighted by Gasteiger charge is 2.09. The number of nitrogens with zero attached hydrogens (tertiary/aromatic N) is 2. The van der Waals surface area contributed by atoms with Gasteiger partial charge in [-0.2, -0.15) is 0 Å². The summed E-state index contributed by atoms with van der Waals surface area (Å²) in [6, 6.07) is 6.77. The number of nitrogens with one attached hydrogen (secondary N) is 2. The Morgan fingerprint density at radius 2 is 2.00 bits per heavy atom. The highest BCUT2D eigenvalue weighted by molar-refractivity contribution is 6.03. The summed E-state index contributed by atoms with van der Waals surface area (Å²) in [5, 5.41) is 5.79. The standard InChI is InChI=1S/C16H18N4O2/c1-3-7-17-15-10-18-14(9-19-15)16(22)20-13-6-4-5-12(8-13)11(2)21/h4-6,8-10H,3,7H2,1-2H3,(H,17,19)(H,20,22). The summed E-state index contributed by atoms with van der Waals surface area (Å²) in [6.07, 6.45) is 3.93. The molecule has 0 unspecified atom stereocenters. The molecule has 0 aliphatic heterocycles. The maximum atomic E-state index is 12.1. The first kappa shape index (κ1) is 15.6. The second-order valence-corrected chi connectivity index (χ2v) is 4.80. The van der Waals surface area contributed by atoms with Crippen LogP contribution in [0.5, 0.6) is 0 Å². The first-order valence-corrected chi connectivity index (χ1v) is 7.08. The van der Waals surface area contributed by atoms with Gasteiger partial charge in [0.1, 0.15) is 11.5 Å². The molecule has 1 aromatic carbocycles. The molecule has 2 N–H and O–H groups in total. The van der Waals surface area contributed by atoms with Gasteiger partial charge in [0.25, 0.3) is 5.91 Å². The molecule has 0 saturated heterocycles. The molecule has 1 aromatic heterocycles. The van der Waals surface area contributed by atoms with Gasteiger partial charge in [-0.15, -0.1) is 0 Å². The number of anilines is 2. The van der Waals surface area contributed by atoms with Crippen molar-refractivity contribution in [3.63, 3.8) is 0 Å². The Labute approximate surface area is 129 Å². The van der Waals surface area contributed by atoms with Crippen LogP contribution in [0.1, 0.15) is 41.1 Å². The van der Waals surface area contributed by atoms with E-state index in [-0.39, 0.29) is 17.4 Å². The lowest BCUT2D eigenvalue weighted by atomic mass is 10.1. The van der Waals surface area contributed by atoms with Crippen LogP contribution in [0.2, 0.25) is 0 Å². The maximum Gasteiger partial charge on any atom is 0.275 e. The van der Waals surface area contributed by atoms with E-state index in [1.807, 2.05) is 0 Å². The molecule has 0 spiro atoms. The van der Waals surface area contributed by atoms with E-state index >= 15 is 0 Å². The maximum absolute atomic E-state index is 12.1. The van der Waals surface area contributed by atoms with E-state index < -0.39 is 0 Å². The molecule has 0 saturated carbocycles. The quantitative estimate of drug-likeness (QED) is 0.801. The van der Waals surface area contributed by atoms with Crippen molar-refractivity contribution in [3.8, 4) is 0 Å². The second kappa shape index (κ2) is 7.31. The number of benzene rings is 1. The summed E-state index contributed by atoms with van der Waals surface area (Å²) >= 11 is 0. The van der Waals surface area contributed by atoms with Gasteiger partial charge in [-0.1, -0.05) is 19.1 Å². The van der Waals surface area contributed by atoms with Crippen LogP contribution in [0, 0.1) is 0 Å². The summed E-state index contributed by atoms with van der Waals surface area (Å²) in [5.74, 6) is 0.217. The Bertz CT molecular complexity index is 668. The van der Waals surface area contributed by atoms with Gasteiger partial charge >= 0.3 is 0 Å². The van der Waals surface area contributed by atoms with Crippen LogP contribution in [-0.4, -0.2) is 28.2 Å². The zero-order valence-electron chi connectivity index (χ0n) is 12.6. The summed E-state index contributed by atoms with van der Waals surface area (Å²) < 4.78 is 0. The smallest absolute Gasteiger partial charge is 0.275 e. The van der Waals surface area contributed by atoms with Gasteiger partial charge in [0.15, 0.2) is 5.78 Å². The van der Waals surface area contributed by atoms with Crippen molar-refractivity contribution >= 4 is 23.2 Å². The molecule has 0 bridgehead atoms. The summed E-state index contributed by atoms with van der Waals surface area (Å²) in [5.41, 5.74) is 1.31. The minimum atomic E-state index is -0.366. The van der Waals surface area contributed by atoms with Crippen LogP contribution in [0.25, 0.3) is 0 Å². The minimum Gasteiger partial charge on any atom is -0.369 e. The SMILES string of the molecule is CCCNc1cnc(C(=O)Nc2cccc(C(C)=O)c2)cn1. The average molecular weight is 298 g/mol. The molecule has 0 radical (unpaired) electrons. The Kier molecular flexibility index (Phi) is 5.19. The monoisotopic (exact) mass is 298 g/mol. The van der Waals surface area contributed by atoms with Gasteiger partial charge in [0.05, 0.1) is 12.4 Å². The van der Waals surface area contributed by atoms with E-state index in [4.69, 9.17) is 0 Å². The summed E-state index contributed by atoms with van der Waals surface area (Å²) in [4.78, 5) is 31.7. The number of carbonyl (C=O) groups excluding carboxylic acids is 2. The third-order valence-corrected chi connectivity index (χ3v) is 2.97. The normalized spacial score (nSPS) is 10.1. The highest BCUT2D eigenvalue weighted by Crippen LogP contribution is 2.12. The molecular weight excluding hydrogens is 280 g/mol.